The first-order chi connectivity index (χ1) is 23.2. The van der Waals surface area contributed by atoms with E-state index in [0.717, 1.165) is 17.1 Å². The number of H-pyrrole nitrogens is 1. The van der Waals surface area contributed by atoms with E-state index in [4.69, 9.17) is 4.74 Å². The Morgan fingerprint density at radius 2 is 1.98 bits per heavy atom. The van der Waals surface area contributed by atoms with Crippen molar-refractivity contribution in [2.75, 3.05) is 40.5 Å². The van der Waals surface area contributed by atoms with Crippen molar-refractivity contribution >= 4 is 73.9 Å². The van der Waals surface area contributed by atoms with E-state index < -0.39 is 10.0 Å². The number of methoxy groups -OCH3 is 1. The Balaban J connectivity index is 1.57. The van der Waals surface area contributed by atoms with Crippen LogP contribution in [0, 0.1) is 11.3 Å². The van der Waals surface area contributed by atoms with Gasteiger partial charge in [0.1, 0.15) is 12.4 Å². The summed E-state index contributed by atoms with van der Waals surface area (Å²) in [5.41, 5.74) is -0.0908. The third kappa shape index (κ3) is 8.02. The van der Waals surface area contributed by atoms with Crippen molar-refractivity contribution in [3.63, 3.8) is 0 Å². The fourth-order valence-corrected chi connectivity index (χ4v) is 5.58. The number of anilines is 4. The average molecular weight is 690 g/mol. The van der Waals surface area contributed by atoms with Gasteiger partial charge in [-0.15, -0.1) is 15.3 Å². The molecule has 0 saturated carbocycles. The normalized spacial score (nSPS) is 12.1. The standard InChI is InChI=1S/C29H31N13O4S2/c1-4-48(44,45)41-26-23(25(31-10-7-13-47-18(2)17-43)35-29(36-26)37-28-32-11-12-33-28)38-39-24-21(15-30)27(46-3)42(40-24)22-14-19-8-5-6-9-20(19)16-34-22/h5-6,8-9,11-12,14,16-18H,4,7,10,13H2,1-3H3,(H4,31,32,33,35,36,37,41). The fraction of sp³-hybridized carbons (Fsp3) is 0.276. The molecule has 0 saturated heterocycles. The van der Waals surface area contributed by atoms with Gasteiger partial charge in [-0.25, -0.2) is 18.4 Å². The zero-order valence-corrected chi connectivity index (χ0v) is 27.7. The maximum Gasteiger partial charge on any atom is 0.238 e. The zero-order chi connectivity index (χ0) is 34.1. The number of hydrogen-bond donors (Lipinski definition) is 4. The molecular formula is C29H31N13O4S2. The molecule has 1 unspecified atom stereocenters. The Morgan fingerprint density at radius 1 is 1.19 bits per heavy atom. The molecule has 1 aromatic carbocycles. The van der Waals surface area contributed by atoms with E-state index in [9.17, 15) is 18.5 Å². The molecule has 5 rings (SSSR count). The second-order valence-corrected chi connectivity index (χ2v) is 13.5. The molecule has 0 spiro atoms. The smallest absolute Gasteiger partial charge is 0.238 e. The van der Waals surface area contributed by atoms with Gasteiger partial charge >= 0.3 is 0 Å². The topological polar surface area (TPSA) is 230 Å². The van der Waals surface area contributed by atoms with Crippen LogP contribution in [0.4, 0.5) is 35.0 Å². The summed E-state index contributed by atoms with van der Waals surface area (Å²) in [5, 5.41) is 30.8. The van der Waals surface area contributed by atoms with E-state index in [1.165, 1.54) is 36.7 Å². The summed E-state index contributed by atoms with van der Waals surface area (Å²) in [5.74, 6) is 1.04. The van der Waals surface area contributed by atoms with Gasteiger partial charge in [-0.3, -0.25) is 10.0 Å². The number of aromatic nitrogens is 7. The minimum atomic E-state index is -3.85. The van der Waals surface area contributed by atoms with Crippen molar-refractivity contribution in [1.29, 1.82) is 5.26 Å². The van der Waals surface area contributed by atoms with Crippen LogP contribution < -0.4 is 20.1 Å². The van der Waals surface area contributed by atoms with Crippen molar-refractivity contribution in [2.45, 2.75) is 25.5 Å². The monoisotopic (exact) mass is 689 g/mol. The van der Waals surface area contributed by atoms with E-state index in [1.54, 1.807) is 18.5 Å². The second-order valence-electron chi connectivity index (χ2n) is 9.97. The Hall–Kier alpha value is -5.61. The molecule has 0 aliphatic carbocycles. The minimum absolute atomic E-state index is 0.00944. The van der Waals surface area contributed by atoms with E-state index in [2.05, 4.69) is 61.7 Å². The molecule has 248 valence electrons. The molecule has 0 bridgehead atoms. The molecule has 4 heterocycles. The lowest BCUT2D eigenvalue weighted by Gasteiger charge is -2.14. The molecular weight excluding hydrogens is 659 g/mol. The number of nitriles is 1. The molecule has 0 aliphatic rings. The number of nitrogens with zero attached hydrogens (tertiary/aromatic N) is 9. The Labute approximate surface area is 279 Å². The number of pyridine rings is 1. The van der Waals surface area contributed by atoms with Crippen molar-refractivity contribution in [3.8, 4) is 17.8 Å². The largest absolute Gasteiger partial charge is 0.480 e. The van der Waals surface area contributed by atoms with E-state index in [0.29, 0.717) is 30.5 Å². The van der Waals surface area contributed by atoms with E-state index >= 15 is 0 Å². The first-order valence-electron chi connectivity index (χ1n) is 14.6. The number of hydrogen-bond acceptors (Lipinski definition) is 15. The van der Waals surface area contributed by atoms with Crippen molar-refractivity contribution in [3.05, 3.63) is 54.5 Å². The van der Waals surface area contributed by atoms with Gasteiger partial charge in [0.25, 0.3) is 0 Å². The van der Waals surface area contributed by atoms with Crippen LogP contribution in [0.15, 0.2) is 59.2 Å². The molecule has 0 radical (unpaired) electrons. The zero-order valence-electron chi connectivity index (χ0n) is 26.1. The molecule has 17 nitrogen and oxygen atoms in total. The van der Waals surface area contributed by atoms with Crippen LogP contribution in [0.25, 0.3) is 16.6 Å². The predicted octanol–water partition coefficient (Wildman–Crippen LogP) is 4.86. The summed E-state index contributed by atoms with van der Waals surface area (Å²) in [6.07, 6.45) is 6.31. The first kappa shape index (κ1) is 33.7. The summed E-state index contributed by atoms with van der Waals surface area (Å²) >= 11 is 1.49. The summed E-state index contributed by atoms with van der Waals surface area (Å²) in [4.78, 5) is 31.3. The quantitative estimate of drug-likeness (QED) is 0.0617. The van der Waals surface area contributed by atoms with Crippen LogP contribution in [-0.4, -0.2) is 79.8 Å². The third-order valence-corrected chi connectivity index (χ3v) is 9.06. The van der Waals surface area contributed by atoms with Crippen molar-refractivity contribution < 1.29 is 17.9 Å². The molecule has 48 heavy (non-hydrogen) atoms. The number of aldehydes is 1. The predicted molar refractivity (Wildman–Crippen MR) is 182 cm³/mol. The summed E-state index contributed by atoms with van der Waals surface area (Å²) in [7, 11) is -2.45. The number of sulfonamides is 1. The number of benzene rings is 1. The number of fused-ring (bicyclic) bond motifs is 1. The van der Waals surface area contributed by atoms with Crippen LogP contribution in [-0.2, 0) is 14.8 Å². The maximum absolute atomic E-state index is 12.7. The number of ether oxygens (including phenoxy) is 1. The van der Waals surface area contributed by atoms with Crippen LogP contribution in [0.3, 0.4) is 0 Å². The molecule has 1 atom stereocenters. The SMILES string of the molecule is CCS(=O)(=O)Nc1nc(Nc2ncc[nH]2)nc(NCCCSC(C)C=O)c1N=Nc1nn(-c2cc3ccccc3cn2)c(OC)c1C#N. The third-order valence-electron chi connectivity index (χ3n) is 6.64. The van der Waals surface area contributed by atoms with Crippen LogP contribution in [0.1, 0.15) is 25.8 Å². The highest BCUT2D eigenvalue weighted by Gasteiger charge is 2.23. The minimum Gasteiger partial charge on any atom is -0.480 e. The van der Waals surface area contributed by atoms with Gasteiger partial charge in [0.2, 0.25) is 33.6 Å². The van der Waals surface area contributed by atoms with Crippen LogP contribution >= 0.6 is 11.8 Å². The summed E-state index contributed by atoms with van der Waals surface area (Å²) < 4.78 is 34.8. The first-order valence-corrected chi connectivity index (χ1v) is 17.3. The van der Waals surface area contributed by atoms with Gasteiger partial charge in [-0.2, -0.15) is 31.7 Å². The van der Waals surface area contributed by atoms with Crippen molar-refractivity contribution in [1.82, 2.24) is 34.7 Å². The Kier molecular flexibility index (Phi) is 10.8. The fourth-order valence-electron chi connectivity index (χ4n) is 4.23. The highest BCUT2D eigenvalue weighted by atomic mass is 32.2. The number of aromatic amines is 1. The number of rotatable bonds is 16. The van der Waals surface area contributed by atoms with Crippen LogP contribution in [0.2, 0.25) is 0 Å². The van der Waals surface area contributed by atoms with Gasteiger partial charge in [-0.05, 0) is 37.5 Å². The Morgan fingerprint density at radius 3 is 2.69 bits per heavy atom. The number of carbonyl (C=O) groups is 1. The lowest BCUT2D eigenvalue weighted by molar-refractivity contribution is -0.107. The second kappa shape index (κ2) is 15.3. The number of thioether (sulfide) groups is 1. The van der Waals surface area contributed by atoms with Gasteiger partial charge in [0.05, 0.1) is 18.1 Å². The highest BCUT2D eigenvalue weighted by Crippen LogP contribution is 2.37. The molecule has 0 amide bonds. The van der Waals surface area contributed by atoms with Crippen molar-refractivity contribution in [2.24, 2.45) is 10.2 Å². The lowest BCUT2D eigenvalue weighted by atomic mass is 10.2. The average Bonchev–Trinajstić information content (AvgIpc) is 3.74. The van der Waals surface area contributed by atoms with Gasteiger partial charge in [-0.1, -0.05) is 24.3 Å². The molecule has 5 aromatic rings. The maximum atomic E-state index is 12.7. The molecule has 4 aromatic heterocycles. The van der Waals surface area contributed by atoms with Crippen LogP contribution in [0.5, 0.6) is 5.88 Å². The summed E-state index contributed by atoms with van der Waals surface area (Å²) in [6, 6.07) is 11.5. The number of azo groups is 1. The molecule has 4 N–H and O–H groups in total. The Bertz CT molecular complexity index is 2080. The van der Waals surface area contributed by atoms with Gasteiger partial charge in [0.15, 0.2) is 28.7 Å². The number of carbonyl (C=O) groups excluding carboxylic acids is 1. The van der Waals surface area contributed by atoms with E-state index in [-0.39, 0.29) is 51.5 Å². The molecule has 19 heteroatoms. The number of nitrogens with one attached hydrogen (secondary N) is 4. The van der Waals surface area contributed by atoms with Gasteiger partial charge in [0, 0.05) is 30.5 Å². The lowest BCUT2D eigenvalue weighted by Crippen LogP contribution is -2.17. The summed E-state index contributed by atoms with van der Waals surface area (Å²) in [6.45, 7) is 3.68. The number of imidazole rings is 1. The highest BCUT2D eigenvalue weighted by molar-refractivity contribution is 8.00. The van der Waals surface area contributed by atoms with E-state index in [1.807, 2.05) is 31.2 Å². The van der Waals surface area contributed by atoms with Gasteiger partial charge < -0.3 is 19.8 Å². The molecule has 0 fully saturated rings. The molecule has 0 aliphatic heterocycles.